The van der Waals surface area contributed by atoms with E-state index in [9.17, 15) is 34.8 Å². The van der Waals surface area contributed by atoms with Gasteiger partial charge in [-0.3, -0.25) is 4.79 Å². The Morgan fingerprint density at radius 3 is 2.40 bits per heavy atom. The van der Waals surface area contributed by atoms with Crippen LogP contribution >= 0.6 is 0 Å². The van der Waals surface area contributed by atoms with Crippen LogP contribution in [-0.4, -0.2) is 78.3 Å². The number of anilines is 1. The van der Waals surface area contributed by atoms with Gasteiger partial charge in [-0.25, -0.2) is 4.79 Å². The van der Waals surface area contributed by atoms with Gasteiger partial charge in [0.2, 0.25) is 0 Å². The van der Waals surface area contributed by atoms with Gasteiger partial charge in [-0.15, -0.1) is 0 Å². The lowest BCUT2D eigenvalue weighted by Gasteiger charge is -2.29. The second-order valence-corrected chi connectivity index (χ2v) is 13.4. The van der Waals surface area contributed by atoms with E-state index in [-0.39, 0.29) is 40.9 Å². The molecular formula is C37H57N4O9+. The first-order valence-electron chi connectivity index (χ1n) is 17.2. The number of amides is 2. The first kappa shape index (κ1) is 42.0. The Balaban J connectivity index is 0.000000831. The van der Waals surface area contributed by atoms with Crippen molar-refractivity contribution in [1.29, 1.82) is 0 Å². The van der Waals surface area contributed by atoms with E-state index in [1.165, 1.54) is 13.2 Å². The lowest BCUT2D eigenvalue weighted by atomic mass is 9.87. The van der Waals surface area contributed by atoms with Crippen LogP contribution in [0.25, 0.3) is 0 Å². The van der Waals surface area contributed by atoms with Gasteiger partial charge in [0.1, 0.15) is 11.9 Å². The van der Waals surface area contributed by atoms with Crippen molar-refractivity contribution in [3.05, 3.63) is 59.7 Å². The first-order chi connectivity index (χ1) is 23.6. The van der Waals surface area contributed by atoms with Crippen LogP contribution in [0.5, 0.6) is 11.5 Å². The molecule has 6 atom stereocenters. The van der Waals surface area contributed by atoms with E-state index in [1.54, 1.807) is 36.5 Å². The van der Waals surface area contributed by atoms with Crippen molar-refractivity contribution >= 4 is 29.3 Å². The third kappa shape index (κ3) is 12.6. The van der Waals surface area contributed by atoms with E-state index in [0.717, 1.165) is 25.9 Å². The standard InChI is InChI=1S/C31H45N3O7.C6H11NO2/c1-8-12-33-26-22-13-17(2)14-25(40-7)27(36)20(5)15-21(6)29(41-31(32)39)18(3)10-9-11-19(4)30(38)34-23(28(22)37)16-24(26)35;8-6(9)5-1-3-7-4-2-5/h8-11,15-18,20,25,27,29,33,35-37H,1,12-14H2,2-7H3,(H2,32,39)(H,34,38);5,7H,1-4H2,(H,8,9)/p+1/b10-9-,19-11+,21-15+;/t17-,18+,20+,25+,27-,29-;/m1./s1. The highest BCUT2D eigenvalue weighted by molar-refractivity contribution is 6.04. The number of ether oxygens (including phenoxy) is 2. The predicted octanol–water partition coefficient (Wildman–Crippen LogP) is 1.27. The number of carboxylic acids is 1. The number of carbonyl (C=O) groups excluding carboxylic acids is 3. The molecule has 0 unspecified atom stereocenters. The average Bonchev–Trinajstić information content (AvgIpc) is 3.07. The SMILES string of the molecule is C=CC[NH2+]c1c(O)cc2c(O)c1C[C@@H](C)C[C@H](OC)[C@H](O)[C@@H](C)/C=C(\C)[C@H](OC(N)=O)[C@@H](C)/C=C\C=C(/C)C(=O)N2.O=C([O-])C1CC[NH2+]CC1. The molecule has 1 aromatic rings. The molecule has 2 bridgehead atoms. The molecule has 0 saturated carbocycles. The molecule has 13 nitrogen and oxygen atoms in total. The minimum atomic E-state index is -0.918. The lowest BCUT2D eigenvalue weighted by molar-refractivity contribution is -0.664. The molecular weight excluding hydrogens is 644 g/mol. The molecule has 1 aromatic carbocycles. The van der Waals surface area contributed by atoms with Gasteiger partial charge in [0.05, 0.1) is 43.1 Å². The second kappa shape index (κ2) is 20.5. The third-order valence-electron chi connectivity index (χ3n) is 9.16. The van der Waals surface area contributed by atoms with Crippen LogP contribution in [-0.2, 0) is 25.5 Å². The van der Waals surface area contributed by atoms with E-state index in [0.29, 0.717) is 41.8 Å². The highest BCUT2D eigenvalue weighted by atomic mass is 16.6. The second-order valence-electron chi connectivity index (χ2n) is 13.4. The van der Waals surface area contributed by atoms with Gasteiger partial charge in [0.15, 0.2) is 11.4 Å². The fourth-order valence-corrected chi connectivity index (χ4v) is 6.28. The smallest absolute Gasteiger partial charge is 0.405 e. The summed E-state index contributed by atoms with van der Waals surface area (Å²) in [6, 6.07) is 1.33. The Morgan fingerprint density at radius 1 is 1.18 bits per heavy atom. The molecule has 0 radical (unpaired) electrons. The number of fused-ring (bicyclic) bond motifs is 2. The topological polar surface area (TPSA) is 225 Å². The molecule has 0 spiro atoms. The summed E-state index contributed by atoms with van der Waals surface area (Å²) in [4.78, 5) is 34.9. The summed E-state index contributed by atoms with van der Waals surface area (Å²) in [7, 11) is 1.53. The predicted molar refractivity (Wildman–Crippen MR) is 188 cm³/mol. The number of nitrogens with one attached hydrogen (secondary N) is 1. The molecule has 3 rings (SSSR count). The molecule has 2 aliphatic rings. The fourth-order valence-electron chi connectivity index (χ4n) is 6.28. The molecule has 2 aliphatic heterocycles. The van der Waals surface area contributed by atoms with Crippen molar-refractivity contribution in [2.24, 2.45) is 29.4 Å². The van der Waals surface area contributed by atoms with Crippen molar-refractivity contribution in [3.63, 3.8) is 0 Å². The summed E-state index contributed by atoms with van der Waals surface area (Å²) in [5, 5.41) is 50.2. The number of benzene rings is 1. The summed E-state index contributed by atoms with van der Waals surface area (Å²) < 4.78 is 11.1. The minimum Gasteiger partial charge on any atom is -0.550 e. The molecule has 2 amide bonds. The summed E-state index contributed by atoms with van der Waals surface area (Å²) in [6.07, 6.45) is 7.88. The molecule has 2 heterocycles. The largest absolute Gasteiger partial charge is 0.550 e. The van der Waals surface area contributed by atoms with E-state index >= 15 is 0 Å². The van der Waals surface area contributed by atoms with Crippen molar-refractivity contribution in [2.75, 3.05) is 32.1 Å². The van der Waals surface area contributed by atoms with Gasteiger partial charge in [0.25, 0.3) is 5.91 Å². The number of aliphatic hydroxyl groups is 1. The Kier molecular flexibility index (Phi) is 17.2. The number of nitrogens with two attached hydrogens (primary N) is 3. The van der Waals surface area contributed by atoms with Gasteiger partial charge in [0, 0.05) is 55.3 Å². The normalized spacial score (nSPS) is 28.3. The number of allylic oxidation sites excluding steroid dienone is 2. The summed E-state index contributed by atoms with van der Waals surface area (Å²) in [5.41, 5.74) is 7.43. The maximum atomic E-state index is 13.0. The van der Waals surface area contributed by atoms with Gasteiger partial charge in [-0.05, 0) is 44.3 Å². The van der Waals surface area contributed by atoms with Crippen LogP contribution in [0.4, 0.5) is 16.2 Å². The van der Waals surface area contributed by atoms with Gasteiger partial charge < -0.3 is 56.4 Å². The summed E-state index contributed by atoms with van der Waals surface area (Å²) in [5.74, 6) is -2.49. The number of carboxylic acid groups (broad SMARTS) is 1. The average molecular weight is 702 g/mol. The Hall–Kier alpha value is -4.17. The van der Waals surface area contributed by atoms with Gasteiger partial charge in [-0.1, -0.05) is 51.7 Å². The lowest BCUT2D eigenvalue weighted by Crippen LogP contribution is -2.86. The number of rotatable bonds is 6. The quantitative estimate of drug-likeness (QED) is 0.0980. The van der Waals surface area contributed by atoms with E-state index in [4.69, 9.17) is 15.2 Å². The zero-order valence-corrected chi connectivity index (χ0v) is 30.2. The van der Waals surface area contributed by atoms with E-state index in [1.807, 2.05) is 33.8 Å². The van der Waals surface area contributed by atoms with E-state index in [2.05, 4.69) is 17.2 Å². The van der Waals surface area contributed by atoms with Crippen LogP contribution in [0.3, 0.4) is 0 Å². The number of aliphatic hydroxyl groups excluding tert-OH is 1. The maximum absolute atomic E-state index is 13.0. The number of methoxy groups -OCH3 is 1. The molecule has 10 N–H and O–H groups in total. The van der Waals surface area contributed by atoms with Crippen LogP contribution < -0.4 is 26.8 Å². The molecule has 0 aliphatic carbocycles. The van der Waals surface area contributed by atoms with Crippen LogP contribution in [0.2, 0.25) is 0 Å². The highest BCUT2D eigenvalue weighted by Crippen LogP contribution is 2.40. The Morgan fingerprint density at radius 2 is 1.84 bits per heavy atom. The zero-order chi connectivity index (χ0) is 37.5. The highest BCUT2D eigenvalue weighted by Gasteiger charge is 2.30. The number of aliphatic carboxylic acids is 1. The minimum absolute atomic E-state index is 0.0820. The number of primary amides is 1. The number of piperidine rings is 1. The summed E-state index contributed by atoms with van der Waals surface area (Å²) >= 11 is 0. The number of hydrogen-bond donors (Lipinski definition) is 7. The Bertz CT molecular complexity index is 1420. The number of hydrogen-bond acceptors (Lipinski definition) is 9. The van der Waals surface area contributed by atoms with Gasteiger partial charge in [-0.2, -0.15) is 0 Å². The first-order valence-corrected chi connectivity index (χ1v) is 17.2. The fraction of sp³-hybridized carbons (Fsp3) is 0.541. The molecule has 1 saturated heterocycles. The number of phenolic OH excluding ortho intramolecular Hbond substituents is 2. The van der Waals surface area contributed by atoms with Crippen molar-refractivity contribution in [1.82, 2.24) is 0 Å². The monoisotopic (exact) mass is 701 g/mol. The third-order valence-corrected chi connectivity index (χ3v) is 9.16. The van der Waals surface area contributed by atoms with Crippen molar-refractivity contribution in [2.45, 2.75) is 78.6 Å². The molecule has 50 heavy (non-hydrogen) atoms. The van der Waals surface area contributed by atoms with Crippen molar-refractivity contribution in [3.8, 4) is 11.5 Å². The van der Waals surface area contributed by atoms with Crippen LogP contribution in [0.15, 0.2) is 54.2 Å². The molecule has 1 fully saturated rings. The van der Waals surface area contributed by atoms with Crippen LogP contribution in [0.1, 0.15) is 59.4 Å². The number of aromatic hydroxyl groups is 2. The number of quaternary nitrogens is 2. The van der Waals surface area contributed by atoms with Crippen LogP contribution in [0, 0.1) is 23.7 Å². The maximum Gasteiger partial charge on any atom is 0.405 e. The summed E-state index contributed by atoms with van der Waals surface area (Å²) in [6.45, 7) is 15.2. The molecule has 278 valence electrons. The number of phenols is 2. The van der Waals surface area contributed by atoms with E-state index < -0.39 is 36.3 Å². The molecule has 13 heteroatoms. The Labute approximate surface area is 295 Å². The van der Waals surface area contributed by atoms with Crippen molar-refractivity contribution < 1.29 is 54.9 Å². The number of carbonyl (C=O) groups is 3. The van der Waals surface area contributed by atoms with Gasteiger partial charge >= 0.3 is 6.09 Å². The molecule has 0 aromatic heterocycles. The zero-order valence-electron chi connectivity index (χ0n) is 30.2.